The molecule has 1 saturated carbocycles. The van der Waals surface area contributed by atoms with Gasteiger partial charge in [0.15, 0.2) is 0 Å². The molecule has 1 aliphatic carbocycles. The molecule has 2 atom stereocenters. The van der Waals surface area contributed by atoms with E-state index in [0.717, 1.165) is 36.5 Å². The number of nitrogens with zero attached hydrogens (tertiary/aromatic N) is 2. The summed E-state index contributed by atoms with van der Waals surface area (Å²) in [5.74, 6) is 2.21. The Morgan fingerprint density at radius 2 is 2.17 bits per heavy atom. The third kappa shape index (κ3) is 2.56. The fourth-order valence-corrected chi connectivity index (χ4v) is 2.43. The van der Waals surface area contributed by atoms with Crippen molar-refractivity contribution in [1.29, 1.82) is 0 Å². The molecule has 1 heterocycles. The van der Waals surface area contributed by atoms with Crippen LogP contribution < -0.4 is 11.1 Å². The van der Waals surface area contributed by atoms with Gasteiger partial charge in [0.1, 0.15) is 17.5 Å². The van der Waals surface area contributed by atoms with Crippen LogP contribution in [0.3, 0.4) is 0 Å². The number of aromatic nitrogens is 2. The number of nitrogens with one attached hydrogen (secondary N) is 1. The van der Waals surface area contributed by atoms with Crippen LogP contribution in [0.2, 0.25) is 0 Å². The lowest BCUT2D eigenvalue weighted by molar-refractivity contribution is 0.101. The molecule has 0 amide bonds. The van der Waals surface area contributed by atoms with Gasteiger partial charge in [-0.2, -0.15) is 0 Å². The van der Waals surface area contributed by atoms with Crippen molar-refractivity contribution in [3.05, 3.63) is 11.4 Å². The minimum absolute atomic E-state index is 0.269. The van der Waals surface area contributed by atoms with Crippen LogP contribution in [0.15, 0.2) is 0 Å². The molecule has 0 spiro atoms. The Bertz CT molecular complexity index is 422. The van der Waals surface area contributed by atoms with Crippen molar-refractivity contribution < 1.29 is 4.74 Å². The van der Waals surface area contributed by atoms with E-state index >= 15 is 0 Å². The molecule has 1 fully saturated rings. The molecule has 2 rings (SSSR count). The number of aryl methyl sites for hydroxylation is 1. The first-order valence-corrected chi connectivity index (χ1v) is 6.58. The van der Waals surface area contributed by atoms with Gasteiger partial charge in [-0.3, -0.25) is 0 Å². The predicted octanol–water partition coefficient (Wildman–Crippen LogP) is 1.91. The fraction of sp³-hybridized carbons (Fsp3) is 0.692. The predicted molar refractivity (Wildman–Crippen MR) is 72.6 cm³/mol. The summed E-state index contributed by atoms with van der Waals surface area (Å²) in [6.07, 6.45) is 4.47. The summed E-state index contributed by atoms with van der Waals surface area (Å²) in [6, 6.07) is 0.327. The lowest BCUT2D eigenvalue weighted by Crippen LogP contribution is -2.30. The number of ether oxygens (including phenoxy) is 1. The normalized spacial score (nSPS) is 23.3. The summed E-state index contributed by atoms with van der Waals surface area (Å²) in [5.41, 5.74) is 6.84. The number of nitrogens with two attached hydrogens (primary N) is 1. The van der Waals surface area contributed by atoms with Gasteiger partial charge in [-0.05, 0) is 26.2 Å². The van der Waals surface area contributed by atoms with E-state index in [9.17, 15) is 0 Å². The standard InChI is InChI=1S/C13H22N4O/c1-4-11-16-12(14)8(2)13(17-11)15-9-6-5-7-10(9)18-3/h9-10H,4-7H2,1-3H3,(H3,14,15,16,17). The second-order valence-electron chi connectivity index (χ2n) is 4.81. The van der Waals surface area contributed by atoms with Crippen LogP contribution in [-0.2, 0) is 11.2 Å². The Labute approximate surface area is 108 Å². The highest BCUT2D eigenvalue weighted by Gasteiger charge is 2.27. The van der Waals surface area contributed by atoms with Crippen LogP contribution in [0.1, 0.15) is 37.6 Å². The summed E-state index contributed by atoms with van der Waals surface area (Å²) < 4.78 is 5.49. The van der Waals surface area contributed by atoms with Crippen LogP contribution in [0.25, 0.3) is 0 Å². The number of nitrogen functional groups attached to an aromatic ring is 1. The molecule has 5 nitrogen and oxygen atoms in total. The van der Waals surface area contributed by atoms with Gasteiger partial charge in [-0.1, -0.05) is 6.92 Å². The van der Waals surface area contributed by atoms with Crippen LogP contribution in [0.5, 0.6) is 0 Å². The monoisotopic (exact) mass is 250 g/mol. The third-order valence-electron chi connectivity index (χ3n) is 3.62. The summed E-state index contributed by atoms with van der Waals surface area (Å²) in [4.78, 5) is 8.79. The highest BCUT2D eigenvalue weighted by molar-refractivity contribution is 5.55. The van der Waals surface area contributed by atoms with E-state index in [1.807, 2.05) is 13.8 Å². The van der Waals surface area contributed by atoms with Gasteiger partial charge in [0.05, 0.1) is 12.1 Å². The first-order valence-electron chi connectivity index (χ1n) is 6.58. The Kier molecular flexibility index (Phi) is 4.01. The Balaban J connectivity index is 2.20. The van der Waals surface area contributed by atoms with E-state index in [1.54, 1.807) is 7.11 Å². The zero-order valence-corrected chi connectivity index (χ0v) is 11.4. The molecule has 18 heavy (non-hydrogen) atoms. The van der Waals surface area contributed by atoms with Crippen LogP contribution in [0.4, 0.5) is 11.6 Å². The molecule has 3 N–H and O–H groups in total. The maximum absolute atomic E-state index is 5.92. The average molecular weight is 250 g/mol. The summed E-state index contributed by atoms with van der Waals surface area (Å²) in [6.45, 7) is 3.98. The van der Waals surface area contributed by atoms with E-state index in [4.69, 9.17) is 10.5 Å². The average Bonchev–Trinajstić information content (AvgIpc) is 2.81. The van der Waals surface area contributed by atoms with E-state index in [-0.39, 0.29) is 6.10 Å². The molecule has 1 aliphatic rings. The van der Waals surface area contributed by atoms with E-state index in [0.29, 0.717) is 11.9 Å². The Morgan fingerprint density at radius 1 is 1.39 bits per heavy atom. The first-order chi connectivity index (χ1) is 8.65. The summed E-state index contributed by atoms with van der Waals surface area (Å²) in [7, 11) is 1.77. The SMILES string of the molecule is CCc1nc(N)c(C)c(NC2CCCC2OC)n1. The maximum Gasteiger partial charge on any atom is 0.135 e. The highest BCUT2D eigenvalue weighted by atomic mass is 16.5. The van der Waals surface area contributed by atoms with Crippen molar-refractivity contribution in [2.24, 2.45) is 0 Å². The van der Waals surface area contributed by atoms with Crippen LogP contribution >= 0.6 is 0 Å². The topological polar surface area (TPSA) is 73.1 Å². The van der Waals surface area contributed by atoms with Gasteiger partial charge in [0, 0.05) is 19.1 Å². The molecule has 0 bridgehead atoms. The molecular formula is C13H22N4O. The fourth-order valence-electron chi connectivity index (χ4n) is 2.43. The number of hydrogen-bond acceptors (Lipinski definition) is 5. The number of methoxy groups -OCH3 is 1. The number of anilines is 2. The van der Waals surface area contributed by atoms with Gasteiger partial charge < -0.3 is 15.8 Å². The quantitative estimate of drug-likeness (QED) is 0.854. The van der Waals surface area contributed by atoms with Crippen molar-refractivity contribution >= 4 is 11.6 Å². The van der Waals surface area contributed by atoms with Crippen molar-refractivity contribution in [1.82, 2.24) is 9.97 Å². The van der Waals surface area contributed by atoms with Crippen LogP contribution in [-0.4, -0.2) is 29.2 Å². The number of rotatable bonds is 4. The van der Waals surface area contributed by atoms with E-state index in [1.165, 1.54) is 6.42 Å². The van der Waals surface area contributed by atoms with Crippen molar-refractivity contribution in [3.63, 3.8) is 0 Å². The zero-order chi connectivity index (χ0) is 13.1. The molecule has 5 heteroatoms. The smallest absolute Gasteiger partial charge is 0.135 e. The minimum Gasteiger partial charge on any atom is -0.383 e. The van der Waals surface area contributed by atoms with Crippen molar-refractivity contribution in [3.8, 4) is 0 Å². The molecule has 1 aromatic heterocycles. The minimum atomic E-state index is 0.269. The highest BCUT2D eigenvalue weighted by Crippen LogP contribution is 2.26. The number of hydrogen-bond donors (Lipinski definition) is 2. The van der Waals surface area contributed by atoms with Gasteiger partial charge in [0.2, 0.25) is 0 Å². The lowest BCUT2D eigenvalue weighted by Gasteiger charge is -2.21. The lowest BCUT2D eigenvalue weighted by atomic mass is 10.2. The molecule has 2 unspecified atom stereocenters. The molecule has 0 radical (unpaired) electrons. The van der Waals surface area contributed by atoms with Gasteiger partial charge in [-0.25, -0.2) is 9.97 Å². The van der Waals surface area contributed by atoms with E-state index < -0.39 is 0 Å². The zero-order valence-electron chi connectivity index (χ0n) is 11.4. The largest absolute Gasteiger partial charge is 0.383 e. The molecule has 100 valence electrons. The second-order valence-corrected chi connectivity index (χ2v) is 4.81. The van der Waals surface area contributed by atoms with Crippen LogP contribution in [0, 0.1) is 6.92 Å². The molecule has 0 aromatic carbocycles. The van der Waals surface area contributed by atoms with Gasteiger partial charge >= 0.3 is 0 Å². The molecule has 0 saturated heterocycles. The summed E-state index contributed by atoms with van der Waals surface area (Å²) in [5, 5.41) is 3.47. The maximum atomic E-state index is 5.92. The van der Waals surface area contributed by atoms with E-state index in [2.05, 4.69) is 15.3 Å². The molecule has 1 aromatic rings. The molecular weight excluding hydrogens is 228 g/mol. The van der Waals surface area contributed by atoms with Crippen molar-refractivity contribution in [2.45, 2.75) is 51.7 Å². The first kappa shape index (κ1) is 13.1. The second kappa shape index (κ2) is 5.52. The third-order valence-corrected chi connectivity index (χ3v) is 3.62. The van der Waals surface area contributed by atoms with Gasteiger partial charge in [0.25, 0.3) is 0 Å². The van der Waals surface area contributed by atoms with Crippen molar-refractivity contribution in [2.75, 3.05) is 18.2 Å². The van der Waals surface area contributed by atoms with Gasteiger partial charge in [-0.15, -0.1) is 0 Å². The Hall–Kier alpha value is -1.36. The molecule has 0 aliphatic heterocycles. The Morgan fingerprint density at radius 3 is 2.83 bits per heavy atom. The summed E-state index contributed by atoms with van der Waals surface area (Å²) >= 11 is 0.